The van der Waals surface area contributed by atoms with Crippen molar-refractivity contribution in [2.75, 3.05) is 26.1 Å². The van der Waals surface area contributed by atoms with Crippen molar-refractivity contribution in [1.82, 2.24) is 5.32 Å². The molecular weight excluding hydrogens is 368 g/mol. The average Bonchev–Trinajstić information content (AvgIpc) is 3.01. The fraction of sp³-hybridized carbons (Fsp3) is 0.316. The number of hydrogen-bond acceptors (Lipinski definition) is 7. The van der Waals surface area contributed by atoms with Crippen LogP contribution in [0, 0.1) is 6.92 Å². The van der Waals surface area contributed by atoms with Crippen LogP contribution < -0.4 is 10.6 Å². The molecule has 27 heavy (non-hydrogen) atoms. The van der Waals surface area contributed by atoms with Gasteiger partial charge in [0.15, 0.2) is 0 Å². The first-order chi connectivity index (χ1) is 12.9. The second-order valence-electron chi connectivity index (χ2n) is 5.80. The normalized spacial score (nSPS) is 11.6. The van der Waals surface area contributed by atoms with Crippen LogP contribution in [0.3, 0.4) is 0 Å². The molecule has 2 N–H and O–H groups in total. The van der Waals surface area contributed by atoms with E-state index < -0.39 is 11.9 Å². The molecule has 0 saturated carbocycles. The number of thiophene rings is 1. The molecule has 0 spiro atoms. The highest BCUT2D eigenvalue weighted by Crippen LogP contribution is 2.34. The van der Waals surface area contributed by atoms with Crippen LogP contribution in [-0.2, 0) is 14.3 Å². The first-order valence-corrected chi connectivity index (χ1v) is 9.08. The smallest absolute Gasteiger partial charge is 0.348 e. The molecule has 144 valence electrons. The Morgan fingerprint density at radius 3 is 2.30 bits per heavy atom. The molecule has 2 aromatic rings. The summed E-state index contributed by atoms with van der Waals surface area (Å²) in [5.41, 5.74) is 1.63. The van der Waals surface area contributed by atoms with E-state index >= 15 is 0 Å². The van der Waals surface area contributed by atoms with Gasteiger partial charge in [-0.05, 0) is 25.0 Å². The van der Waals surface area contributed by atoms with Crippen LogP contribution in [0.4, 0.5) is 5.00 Å². The summed E-state index contributed by atoms with van der Waals surface area (Å²) in [6.07, 6.45) is 0. The van der Waals surface area contributed by atoms with Crippen LogP contribution in [0.5, 0.6) is 0 Å². The van der Waals surface area contributed by atoms with Gasteiger partial charge in [-0.2, -0.15) is 0 Å². The molecule has 0 aliphatic rings. The number of methoxy groups -OCH3 is 2. The van der Waals surface area contributed by atoms with Crippen LogP contribution in [0.2, 0.25) is 0 Å². The Balaban J connectivity index is 2.12. The van der Waals surface area contributed by atoms with Crippen molar-refractivity contribution >= 4 is 34.2 Å². The van der Waals surface area contributed by atoms with Gasteiger partial charge in [-0.3, -0.25) is 4.79 Å². The lowest BCUT2D eigenvalue weighted by Crippen LogP contribution is -2.30. The maximum atomic E-state index is 12.3. The first kappa shape index (κ1) is 20.6. The fourth-order valence-electron chi connectivity index (χ4n) is 2.51. The average molecular weight is 390 g/mol. The first-order valence-electron chi connectivity index (χ1n) is 8.27. The number of carbonyl (C=O) groups excluding carboxylic acids is 3. The minimum absolute atomic E-state index is 0.0206. The monoisotopic (exact) mass is 390 g/mol. The molecule has 0 aliphatic heterocycles. The number of carbonyl (C=O) groups is 3. The highest BCUT2D eigenvalue weighted by atomic mass is 32.1. The largest absolute Gasteiger partial charge is 0.465 e. The van der Waals surface area contributed by atoms with Gasteiger partial charge in [-0.1, -0.05) is 30.3 Å². The van der Waals surface area contributed by atoms with Crippen molar-refractivity contribution in [2.24, 2.45) is 0 Å². The number of anilines is 1. The molecular formula is C19H22N2O5S. The summed E-state index contributed by atoms with van der Waals surface area (Å²) in [6, 6.07) is 9.70. The molecule has 1 aromatic carbocycles. The summed E-state index contributed by atoms with van der Waals surface area (Å²) in [4.78, 5) is 36.5. The van der Waals surface area contributed by atoms with Crippen LogP contribution in [0.1, 0.15) is 44.1 Å². The van der Waals surface area contributed by atoms with E-state index in [-0.39, 0.29) is 33.9 Å². The lowest BCUT2D eigenvalue weighted by atomic mass is 10.1. The third-order valence-electron chi connectivity index (χ3n) is 4.03. The predicted molar refractivity (Wildman–Crippen MR) is 103 cm³/mol. The van der Waals surface area contributed by atoms with Crippen molar-refractivity contribution < 1.29 is 23.9 Å². The summed E-state index contributed by atoms with van der Waals surface area (Å²) in [7, 11) is 2.50. The van der Waals surface area contributed by atoms with E-state index in [0.29, 0.717) is 5.56 Å². The van der Waals surface area contributed by atoms with E-state index in [1.165, 1.54) is 14.2 Å². The summed E-state index contributed by atoms with van der Waals surface area (Å²) >= 11 is 0.986. The lowest BCUT2D eigenvalue weighted by molar-refractivity contribution is -0.115. The van der Waals surface area contributed by atoms with Crippen LogP contribution >= 0.6 is 11.3 Å². The van der Waals surface area contributed by atoms with Gasteiger partial charge >= 0.3 is 11.9 Å². The number of esters is 2. The minimum Gasteiger partial charge on any atom is -0.465 e. The standard InChI is InChI=1S/C19H22N2O5S/c1-11-15(18(23)25-3)17(27-16(11)19(24)26-4)21-14(22)10-20-12(2)13-8-6-5-7-9-13/h5-9,12,20H,10H2,1-4H3,(H,21,22)/t12-/m1/s1. The zero-order valence-electron chi connectivity index (χ0n) is 15.6. The van der Waals surface area contributed by atoms with Crippen molar-refractivity contribution in [2.45, 2.75) is 19.9 Å². The van der Waals surface area contributed by atoms with Gasteiger partial charge in [0.2, 0.25) is 5.91 Å². The molecule has 1 heterocycles. The Kier molecular flexibility index (Phi) is 7.09. The zero-order chi connectivity index (χ0) is 20.0. The third-order valence-corrected chi connectivity index (χ3v) is 5.22. The Bertz CT molecular complexity index is 832. The van der Waals surface area contributed by atoms with Crippen LogP contribution in [-0.4, -0.2) is 38.6 Å². The van der Waals surface area contributed by atoms with E-state index in [2.05, 4.69) is 10.6 Å². The van der Waals surface area contributed by atoms with Gasteiger partial charge in [0.05, 0.1) is 26.3 Å². The molecule has 1 aromatic heterocycles. The second kappa shape index (κ2) is 9.29. The summed E-state index contributed by atoms with van der Waals surface area (Å²) in [6.45, 7) is 3.61. The van der Waals surface area contributed by atoms with Crippen molar-refractivity contribution in [1.29, 1.82) is 0 Å². The molecule has 0 fully saturated rings. The molecule has 1 amide bonds. The lowest BCUT2D eigenvalue weighted by Gasteiger charge is -2.14. The van der Waals surface area contributed by atoms with Crippen LogP contribution in [0.25, 0.3) is 0 Å². The summed E-state index contributed by atoms with van der Waals surface area (Å²) in [5.74, 6) is -1.53. The molecule has 0 unspecified atom stereocenters. The third kappa shape index (κ3) is 4.93. The van der Waals surface area contributed by atoms with Crippen molar-refractivity contribution in [3.8, 4) is 0 Å². The number of amides is 1. The Morgan fingerprint density at radius 2 is 1.70 bits per heavy atom. The Morgan fingerprint density at radius 1 is 1.07 bits per heavy atom. The highest BCUT2D eigenvalue weighted by Gasteiger charge is 2.26. The number of hydrogen-bond donors (Lipinski definition) is 2. The van der Waals surface area contributed by atoms with Gasteiger partial charge in [-0.25, -0.2) is 9.59 Å². The zero-order valence-corrected chi connectivity index (χ0v) is 16.4. The number of rotatable bonds is 7. The minimum atomic E-state index is -0.625. The molecule has 1 atom stereocenters. The maximum absolute atomic E-state index is 12.3. The van der Waals surface area contributed by atoms with Crippen molar-refractivity contribution in [3.63, 3.8) is 0 Å². The molecule has 0 aliphatic carbocycles. The second-order valence-corrected chi connectivity index (χ2v) is 6.83. The number of nitrogens with one attached hydrogen (secondary N) is 2. The molecule has 2 rings (SSSR count). The van der Waals surface area contributed by atoms with E-state index in [4.69, 9.17) is 9.47 Å². The Labute approximate surface area is 161 Å². The van der Waals surface area contributed by atoms with E-state index in [1.54, 1.807) is 6.92 Å². The summed E-state index contributed by atoms with van der Waals surface area (Å²) in [5, 5.41) is 6.07. The molecule has 8 heteroatoms. The van der Waals surface area contributed by atoms with Gasteiger partial charge in [0.25, 0.3) is 0 Å². The molecule has 0 radical (unpaired) electrons. The highest BCUT2D eigenvalue weighted by molar-refractivity contribution is 7.18. The topological polar surface area (TPSA) is 93.7 Å². The van der Waals surface area contributed by atoms with Gasteiger partial charge in [0.1, 0.15) is 9.88 Å². The van der Waals surface area contributed by atoms with Gasteiger partial charge in [-0.15, -0.1) is 11.3 Å². The van der Waals surface area contributed by atoms with E-state index in [0.717, 1.165) is 16.9 Å². The van der Waals surface area contributed by atoms with Crippen molar-refractivity contribution in [3.05, 3.63) is 51.9 Å². The molecule has 0 bridgehead atoms. The fourth-order valence-corrected chi connectivity index (χ4v) is 3.64. The van der Waals surface area contributed by atoms with E-state index in [9.17, 15) is 14.4 Å². The predicted octanol–water partition coefficient (Wildman–Crippen LogP) is 2.92. The quantitative estimate of drug-likeness (QED) is 0.706. The van der Waals surface area contributed by atoms with Gasteiger partial charge < -0.3 is 20.1 Å². The number of ether oxygens (including phenoxy) is 2. The summed E-state index contributed by atoms with van der Waals surface area (Å²) < 4.78 is 9.50. The Hall–Kier alpha value is -2.71. The molecule has 7 nitrogen and oxygen atoms in total. The molecule has 0 saturated heterocycles. The van der Waals surface area contributed by atoms with E-state index in [1.807, 2.05) is 37.3 Å². The number of benzene rings is 1. The van der Waals surface area contributed by atoms with Crippen LogP contribution in [0.15, 0.2) is 30.3 Å². The maximum Gasteiger partial charge on any atom is 0.348 e. The van der Waals surface area contributed by atoms with Gasteiger partial charge in [0, 0.05) is 6.04 Å². The SMILES string of the molecule is COC(=O)c1sc(NC(=O)CN[C@H](C)c2ccccc2)c(C(=O)OC)c1C.